The zero-order valence-electron chi connectivity index (χ0n) is 47.9. The Morgan fingerprint density at radius 3 is 1.61 bits per heavy atom. The van der Waals surface area contributed by atoms with Crippen LogP contribution in [0.5, 0.6) is 0 Å². The lowest BCUT2D eigenvalue weighted by atomic mass is 9.75. The van der Waals surface area contributed by atoms with Gasteiger partial charge >= 0.3 is 0 Å². The van der Waals surface area contributed by atoms with Crippen LogP contribution < -0.4 is 0 Å². The van der Waals surface area contributed by atoms with Crippen LogP contribution in [0.3, 0.4) is 0 Å². The summed E-state index contributed by atoms with van der Waals surface area (Å²) in [6, 6.07) is 0. The van der Waals surface area contributed by atoms with Crippen LogP contribution in [0.15, 0.2) is 23.7 Å². The molecule has 0 amide bonds. The van der Waals surface area contributed by atoms with Gasteiger partial charge in [0.15, 0.2) is 30.4 Å². The molecule has 2 fully saturated rings. The fraction of sp³-hybridized carbons (Fsp3) is 0.923. The molecule has 1 saturated carbocycles. The molecule has 33 heteroatoms. The van der Waals surface area contributed by atoms with Gasteiger partial charge in [-0.3, -0.25) is 0 Å². The van der Waals surface area contributed by atoms with Gasteiger partial charge in [0.2, 0.25) is 24.7 Å². The quantitative estimate of drug-likeness (QED) is 0.0117. The first-order valence-corrected chi connectivity index (χ1v) is 28.1. The number of hydrogen-bond acceptors (Lipinski definition) is 33. The van der Waals surface area contributed by atoms with Gasteiger partial charge in [0.05, 0.1) is 50.3 Å². The van der Waals surface area contributed by atoms with Gasteiger partial charge in [-0.25, -0.2) is 0 Å². The average molecular weight is 1250 g/mol. The number of aliphatic hydroxyl groups excluding tert-OH is 25. The predicted octanol–water partition coefficient (Wildman–Crippen LogP) is -9.81. The molecule has 0 radical (unpaired) electrons. The highest BCUT2D eigenvalue weighted by molar-refractivity contribution is 5.18. The summed E-state index contributed by atoms with van der Waals surface area (Å²) >= 11 is 0. The molecule has 1 aliphatic heterocycles. The van der Waals surface area contributed by atoms with Crippen LogP contribution in [-0.4, -0.2) is 326 Å². The van der Waals surface area contributed by atoms with E-state index in [1.165, 1.54) is 0 Å². The molecule has 2 aliphatic rings. The Bertz CT molecular complexity index is 1870. The fourth-order valence-corrected chi connectivity index (χ4v) is 9.87. The third-order valence-electron chi connectivity index (χ3n) is 15.0. The minimum absolute atomic E-state index is 0.0105. The molecule has 1 heterocycles. The normalized spacial score (nSPS) is 28.7. The van der Waals surface area contributed by atoms with Gasteiger partial charge in [0.25, 0.3) is 0 Å². The highest BCUT2D eigenvalue weighted by Gasteiger charge is 2.52. The summed E-state index contributed by atoms with van der Waals surface area (Å²) in [5.41, 5.74) is -0.614. The Hall–Kier alpha value is -2.16. The molecule has 0 aromatic rings. The first-order chi connectivity index (χ1) is 39.8. The van der Waals surface area contributed by atoms with Gasteiger partial charge in [-0.2, -0.15) is 0 Å². The molecule has 0 aromatic carbocycles. The summed E-state index contributed by atoms with van der Waals surface area (Å²) < 4.78 is 38.9. The summed E-state index contributed by atoms with van der Waals surface area (Å²) in [5.74, 6) is -8.41. The molecule has 33 nitrogen and oxygen atoms in total. The first-order valence-electron chi connectivity index (χ1n) is 28.1. The second-order valence-electron chi connectivity index (χ2n) is 22.3. The van der Waals surface area contributed by atoms with Crippen molar-refractivity contribution in [2.24, 2.45) is 17.3 Å². The summed E-state index contributed by atoms with van der Waals surface area (Å²) in [4.78, 5) is 0. The van der Waals surface area contributed by atoms with Crippen LogP contribution in [-0.2, 0) is 33.2 Å². The number of hydrogen-bond donors (Lipinski definition) is 26. The maximum atomic E-state index is 12.3. The van der Waals surface area contributed by atoms with Crippen molar-refractivity contribution in [3.63, 3.8) is 0 Å². The molecule has 2 rings (SSSR count). The Morgan fingerprint density at radius 1 is 0.612 bits per heavy atom. The van der Waals surface area contributed by atoms with Crippen molar-refractivity contribution < 1.29 is 166 Å². The van der Waals surface area contributed by atoms with E-state index in [1.807, 2.05) is 20.8 Å². The van der Waals surface area contributed by atoms with E-state index in [0.717, 1.165) is 12.8 Å². The van der Waals surface area contributed by atoms with Crippen LogP contribution in [0.25, 0.3) is 0 Å². The fourth-order valence-electron chi connectivity index (χ4n) is 9.87. The predicted molar refractivity (Wildman–Crippen MR) is 283 cm³/mol. The van der Waals surface area contributed by atoms with Gasteiger partial charge < -0.3 is 166 Å². The topological polar surface area (TPSA) is 591 Å². The Balaban J connectivity index is 2.98. The molecule has 1 aliphatic carbocycles. The van der Waals surface area contributed by atoms with Gasteiger partial charge in [0.1, 0.15) is 73.2 Å². The van der Waals surface area contributed by atoms with Gasteiger partial charge in [-0.15, -0.1) is 0 Å². The van der Waals surface area contributed by atoms with E-state index in [2.05, 4.69) is 6.58 Å². The largest absolute Gasteiger partial charge is 0.460 e. The van der Waals surface area contributed by atoms with Gasteiger partial charge in [-0.05, 0) is 61.9 Å². The molecule has 85 heavy (non-hydrogen) atoms. The maximum Gasteiger partial charge on any atom is 0.226 e. The van der Waals surface area contributed by atoms with Crippen molar-refractivity contribution in [2.75, 3.05) is 46.2 Å². The van der Waals surface area contributed by atoms with E-state index in [1.54, 1.807) is 0 Å². The standard InChI is InChI=1S/C52H98O33/c1-5-6-7-13-51(3,4)20-24-19-23(2)40(31(24)45(73)85-48(76)42(34(66)27(61)10-16-55)84-50-39(71)36(68)35(67)30(21-57)80-50)81-49(77)43(83-47(75)38(70)33(65)26(60)9-15-54)41(82-46(74)37(69)32(64)25(59)8-14-53)28(62)12-18-79-52(78,22-58)44(72)29(63)11-17-56/h24-40,42,44-50,53-78H,2,5-22H2,1,3-4H3/b43-41+/t24-,25?,26?,27?,28?,29?,30?,31?,32?,33?,34?,35?,36?,37?,38?,39?,40+,42?,44?,45?,46?,47?,48?,49?,50?,52?/m0/s1. The molecule has 0 bridgehead atoms. The van der Waals surface area contributed by atoms with Gasteiger partial charge in [0, 0.05) is 38.8 Å². The van der Waals surface area contributed by atoms with Crippen molar-refractivity contribution in [1.29, 1.82) is 0 Å². The van der Waals surface area contributed by atoms with Crippen LogP contribution in [0, 0.1) is 17.3 Å². The minimum atomic E-state index is -3.06. The Morgan fingerprint density at radius 2 is 1.12 bits per heavy atom. The molecule has 26 atom stereocenters. The van der Waals surface area contributed by atoms with Crippen molar-refractivity contribution in [1.82, 2.24) is 0 Å². The second kappa shape index (κ2) is 37.9. The molecule has 1 saturated heterocycles. The molecule has 0 aromatic heterocycles. The maximum absolute atomic E-state index is 12.3. The summed E-state index contributed by atoms with van der Waals surface area (Å²) in [6.45, 7) is 3.26. The number of aliphatic hydroxyl groups is 26. The zero-order valence-corrected chi connectivity index (χ0v) is 47.9. The number of ether oxygens (including phenoxy) is 7. The first kappa shape index (κ1) is 78.9. The monoisotopic (exact) mass is 1250 g/mol. The van der Waals surface area contributed by atoms with E-state index in [9.17, 15) is 133 Å². The van der Waals surface area contributed by atoms with Crippen LogP contribution >= 0.6 is 0 Å². The van der Waals surface area contributed by atoms with Crippen LogP contribution in [0.1, 0.15) is 91.4 Å². The van der Waals surface area contributed by atoms with Crippen molar-refractivity contribution >= 4 is 0 Å². The molecule has 504 valence electrons. The van der Waals surface area contributed by atoms with Crippen LogP contribution in [0.2, 0.25) is 0 Å². The molecular weight excluding hydrogens is 1150 g/mol. The summed E-state index contributed by atoms with van der Waals surface area (Å²) in [5, 5.41) is 278. The lowest BCUT2D eigenvalue weighted by Crippen LogP contribution is -2.61. The van der Waals surface area contributed by atoms with Crippen LogP contribution in [0.4, 0.5) is 0 Å². The number of rotatable bonds is 44. The lowest BCUT2D eigenvalue weighted by molar-refractivity contribution is -0.353. The van der Waals surface area contributed by atoms with Gasteiger partial charge in [-0.1, -0.05) is 46.6 Å². The third kappa shape index (κ3) is 22.9. The second-order valence-corrected chi connectivity index (χ2v) is 22.3. The molecule has 24 unspecified atom stereocenters. The van der Waals surface area contributed by atoms with E-state index in [4.69, 9.17) is 33.2 Å². The van der Waals surface area contributed by atoms with E-state index in [0.29, 0.717) is 12.8 Å². The smallest absolute Gasteiger partial charge is 0.226 e. The van der Waals surface area contributed by atoms with E-state index in [-0.39, 0.29) is 18.4 Å². The average Bonchev–Trinajstić information content (AvgIpc) is 2.24. The molecule has 26 N–H and O–H groups in total. The van der Waals surface area contributed by atoms with Crippen molar-refractivity contribution in [3.05, 3.63) is 23.7 Å². The van der Waals surface area contributed by atoms with E-state index < -0.39 is 254 Å². The summed E-state index contributed by atoms with van der Waals surface area (Å²) in [7, 11) is 0. The highest BCUT2D eigenvalue weighted by atomic mass is 16.7. The molecule has 0 spiro atoms. The van der Waals surface area contributed by atoms with Crippen molar-refractivity contribution in [2.45, 2.75) is 239 Å². The minimum Gasteiger partial charge on any atom is -0.460 e. The zero-order chi connectivity index (χ0) is 64.8. The Kier molecular flexibility index (Phi) is 35.2. The van der Waals surface area contributed by atoms with Crippen molar-refractivity contribution in [3.8, 4) is 0 Å². The number of unbranched alkanes of at least 4 members (excludes halogenated alkanes) is 2. The third-order valence-corrected chi connectivity index (χ3v) is 15.0. The van der Waals surface area contributed by atoms with E-state index >= 15 is 0 Å². The lowest BCUT2D eigenvalue weighted by Gasteiger charge is -2.42. The molecular formula is C52H98O33. The SMILES string of the molecule is C=C1C[C@@H](CC(C)(C)CCCCC)C(C(O)OC(O)C(OC2OC(CO)C(O)C(O)C2O)C(O)C(O)CCO)[C@@H]1OC(O)/C(OC(O)C(O)C(O)C(O)CCO)=C(\OC(O)C(O)C(O)C(O)CCO)C(O)CCOC(O)(CO)C(O)C(O)CCO. The summed E-state index contributed by atoms with van der Waals surface area (Å²) in [6.07, 6.45) is -53.4. The highest BCUT2D eigenvalue weighted by Crippen LogP contribution is 2.48. The Labute approximate surface area is 490 Å².